The van der Waals surface area contributed by atoms with Gasteiger partial charge in [0.1, 0.15) is 5.82 Å². The number of amides is 1. The second kappa shape index (κ2) is 6.39. The summed E-state index contributed by atoms with van der Waals surface area (Å²) in [5.74, 6) is -0.455. The molecule has 5 heteroatoms. The number of hydrogen-bond donors (Lipinski definition) is 2. The zero-order chi connectivity index (χ0) is 14.5. The summed E-state index contributed by atoms with van der Waals surface area (Å²) in [6.45, 7) is 1.75. The number of benzene rings is 2. The van der Waals surface area contributed by atoms with Crippen LogP contribution in [0.1, 0.15) is 12.5 Å². The molecule has 0 unspecified atom stereocenters. The zero-order valence-corrected chi connectivity index (χ0v) is 11.7. The molecule has 2 rings (SSSR count). The molecule has 2 aromatic rings. The Morgan fingerprint density at radius 1 is 1.15 bits per heavy atom. The maximum Gasteiger partial charge on any atom is 0.221 e. The third-order valence-electron chi connectivity index (χ3n) is 2.74. The van der Waals surface area contributed by atoms with Crippen LogP contribution in [-0.4, -0.2) is 5.91 Å². The van der Waals surface area contributed by atoms with E-state index in [1.54, 1.807) is 36.4 Å². The van der Waals surface area contributed by atoms with Gasteiger partial charge in [-0.25, -0.2) is 4.39 Å². The van der Waals surface area contributed by atoms with E-state index in [2.05, 4.69) is 10.6 Å². The molecule has 0 atom stereocenters. The van der Waals surface area contributed by atoms with Crippen molar-refractivity contribution in [1.29, 1.82) is 0 Å². The molecular formula is C15H14ClFN2O. The SMILES string of the molecule is CC(=O)Nc1ccc(NCc2c(F)cccc2Cl)cc1. The molecule has 0 heterocycles. The fourth-order valence-corrected chi connectivity index (χ4v) is 2.00. The predicted octanol–water partition coefficient (Wildman–Crippen LogP) is 4.05. The van der Waals surface area contributed by atoms with E-state index < -0.39 is 0 Å². The zero-order valence-electron chi connectivity index (χ0n) is 10.9. The molecular weight excluding hydrogens is 279 g/mol. The normalized spacial score (nSPS) is 10.2. The molecule has 0 saturated heterocycles. The Bertz CT molecular complexity index is 594. The van der Waals surface area contributed by atoms with E-state index in [1.807, 2.05) is 0 Å². The molecule has 0 fully saturated rings. The topological polar surface area (TPSA) is 41.1 Å². The quantitative estimate of drug-likeness (QED) is 0.892. The van der Waals surface area contributed by atoms with Gasteiger partial charge in [-0.2, -0.15) is 0 Å². The maximum atomic E-state index is 13.6. The lowest BCUT2D eigenvalue weighted by Crippen LogP contribution is -2.06. The third kappa shape index (κ3) is 3.71. The lowest BCUT2D eigenvalue weighted by atomic mass is 10.2. The summed E-state index contributed by atoms with van der Waals surface area (Å²) in [4.78, 5) is 10.9. The lowest BCUT2D eigenvalue weighted by Gasteiger charge is -2.10. The van der Waals surface area contributed by atoms with Gasteiger partial charge in [-0.05, 0) is 36.4 Å². The van der Waals surface area contributed by atoms with Crippen molar-refractivity contribution in [2.45, 2.75) is 13.5 Å². The number of rotatable bonds is 4. The van der Waals surface area contributed by atoms with Crippen LogP contribution in [-0.2, 0) is 11.3 Å². The molecule has 2 N–H and O–H groups in total. The molecule has 0 aliphatic carbocycles. The number of carbonyl (C=O) groups excluding carboxylic acids is 1. The van der Waals surface area contributed by atoms with Crippen LogP contribution in [0, 0.1) is 5.82 Å². The highest BCUT2D eigenvalue weighted by Crippen LogP contribution is 2.21. The van der Waals surface area contributed by atoms with Crippen LogP contribution in [0.25, 0.3) is 0 Å². The first-order chi connectivity index (χ1) is 9.56. The van der Waals surface area contributed by atoms with Gasteiger partial charge >= 0.3 is 0 Å². The van der Waals surface area contributed by atoms with Crippen molar-refractivity contribution in [1.82, 2.24) is 0 Å². The van der Waals surface area contributed by atoms with Gasteiger partial charge in [-0.3, -0.25) is 4.79 Å². The van der Waals surface area contributed by atoms with Crippen molar-refractivity contribution in [2.24, 2.45) is 0 Å². The van der Waals surface area contributed by atoms with E-state index in [-0.39, 0.29) is 11.7 Å². The van der Waals surface area contributed by atoms with Crippen LogP contribution in [0.4, 0.5) is 15.8 Å². The van der Waals surface area contributed by atoms with Gasteiger partial charge in [0.05, 0.1) is 0 Å². The molecule has 104 valence electrons. The van der Waals surface area contributed by atoms with Crippen LogP contribution >= 0.6 is 11.6 Å². The number of nitrogens with one attached hydrogen (secondary N) is 2. The van der Waals surface area contributed by atoms with E-state index >= 15 is 0 Å². The number of hydrogen-bond acceptors (Lipinski definition) is 2. The van der Waals surface area contributed by atoms with Gasteiger partial charge in [0, 0.05) is 35.4 Å². The van der Waals surface area contributed by atoms with Crippen LogP contribution in [0.5, 0.6) is 0 Å². The summed E-state index contributed by atoms with van der Waals surface area (Å²) in [6, 6.07) is 11.8. The first-order valence-electron chi connectivity index (χ1n) is 6.10. The fourth-order valence-electron chi connectivity index (χ4n) is 1.77. The van der Waals surface area contributed by atoms with E-state index in [4.69, 9.17) is 11.6 Å². The summed E-state index contributed by atoms with van der Waals surface area (Å²) in [6.07, 6.45) is 0. The highest BCUT2D eigenvalue weighted by Gasteiger charge is 2.06. The minimum atomic E-state index is -0.333. The molecule has 0 spiro atoms. The Hall–Kier alpha value is -2.07. The standard InChI is InChI=1S/C15H14ClFN2O/c1-10(20)19-12-7-5-11(6-8-12)18-9-13-14(16)3-2-4-15(13)17/h2-8,18H,9H2,1H3,(H,19,20). The highest BCUT2D eigenvalue weighted by molar-refractivity contribution is 6.31. The molecule has 0 saturated carbocycles. The van der Waals surface area contributed by atoms with Gasteiger partial charge in [-0.15, -0.1) is 0 Å². The van der Waals surface area contributed by atoms with Crippen molar-refractivity contribution in [2.75, 3.05) is 10.6 Å². The van der Waals surface area contributed by atoms with Gasteiger partial charge in [-0.1, -0.05) is 17.7 Å². The van der Waals surface area contributed by atoms with Gasteiger partial charge in [0.2, 0.25) is 5.91 Å². The monoisotopic (exact) mass is 292 g/mol. The summed E-state index contributed by atoms with van der Waals surface area (Å²) in [5, 5.41) is 6.16. The number of carbonyl (C=O) groups is 1. The number of halogens is 2. The van der Waals surface area contributed by atoms with Crippen LogP contribution in [0.15, 0.2) is 42.5 Å². The summed E-state index contributed by atoms with van der Waals surface area (Å²) in [5.41, 5.74) is 1.96. The van der Waals surface area contributed by atoms with Crippen LogP contribution in [0.3, 0.4) is 0 Å². The Morgan fingerprint density at radius 3 is 2.40 bits per heavy atom. The summed E-state index contributed by atoms with van der Waals surface area (Å²) < 4.78 is 13.6. The van der Waals surface area contributed by atoms with E-state index in [9.17, 15) is 9.18 Å². The van der Waals surface area contributed by atoms with E-state index in [1.165, 1.54) is 13.0 Å². The molecule has 0 aliphatic rings. The van der Waals surface area contributed by atoms with Crippen LogP contribution in [0.2, 0.25) is 5.02 Å². The Labute approximate surface area is 121 Å². The van der Waals surface area contributed by atoms with Crippen molar-refractivity contribution in [3.63, 3.8) is 0 Å². The van der Waals surface area contributed by atoms with Crippen LogP contribution < -0.4 is 10.6 Å². The fraction of sp³-hybridized carbons (Fsp3) is 0.133. The largest absolute Gasteiger partial charge is 0.381 e. The first-order valence-corrected chi connectivity index (χ1v) is 6.48. The van der Waals surface area contributed by atoms with Crippen molar-refractivity contribution >= 4 is 28.9 Å². The number of anilines is 2. The summed E-state index contributed by atoms with van der Waals surface area (Å²) in [7, 11) is 0. The molecule has 0 aromatic heterocycles. The van der Waals surface area contributed by atoms with E-state index in [0.717, 1.165) is 5.69 Å². The molecule has 0 bridgehead atoms. The van der Waals surface area contributed by atoms with Gasteiger partial charge in [0.15, 0.2) is 0 Å². The maximum absolute atomic E-state index is 13.6. The van der Waals surface area contributed by atoms with Gasteiger partial charge < -0.3 is 10.6 Å². The second-order valence-electron chi connectivity index (χ2n) is 4.31. The molecule has 0 radical (unpaired) electrons. The lowest BCUT2D eigenvalue weighted by molar-refractivity contribution is -0.114. The smallest absolute Gasteiger partial charge is 0.221 e. The molecule has 1 amide bonds. The Morgan fingerprint density at radius 2 is 1.80 bits per heavy atom. The van der Waals surface area contributed by atoms with E-state index in [0.29, 0.717) is 22.8 Å². The molecule has 3 nitrogen and oxygen atoms in total. The van der Waals surface area contributed by atoms with Gasteiger partial charge in [0.25, 0.3) is 0 Å². The Balaban J connectivity index is 2.02. The van der Waals surface area contributed by atoms with Crippen molar-refractivity contribution in [3.05, 3.63) is 58.9 Å². The highest BCUT2D eigenvalue weighted by atomic mass is 35.5. The second-order valence-corrected chi connectivity index (χ2v) is 4.72. The molecule has 0 aliphatic heterocycles. The van der Waals surface area contributed by atoms with Crippen molar-refractivity contribution < 1.29 is 9.18 Å². The molecule has 20 heavy (non-hydrogen) atoms. The average molecular weight is 293 g/mol. The first kappa shape index (κ1) is 14.3. The molecule has 2 aromatic carbocycles. The summed E-state index contributed by atoms with van der Waals surface area (Å²) >= 11 is 5.95. The predicted molar refractivity (Wildman–Crippen MR) is 79.5 cm³/mol. The average Bonchev–Trinajstić information content (AvgIpc) is 2.39. The third-order valence-corrected chi connectivity index (χ3v) is 3.09. The Kier molecular flexibility index (Phi) is 4.58. The minimum Gasteiger partial charge on any atom is -0.381 e. The minimum absolute atomic E-state index is 0.121. The van der Waals surface area contributed by atoms with Crippen molar-refractivity contribution in [3.8, 4) is 0 Å².